The topological polar surface area (TPSA) is 132 Å². The van der Waals surface area contributed by atoms with Crippen LogP contribution >= 0.6 is 0 Å². The maximum absolute atomic E-state index is 12.6. The van der Waals surface area contributed by atoms with Crippen LogP contribution in [0.5, 0.6) is 0 Å². The van der Waals surface area contributed by atoms with Crippen LogP contribution in [0.4, 0.5) is 17.1 Å². The minimum absolute atomic E-state index is 0.0326. The summed E-state index contributed by atoms with van der Waals surface area (Å²) in [6.45, 7) is 0. The van der Waals surface area contributed by atoms with Crippen molar-refractivity contribution in [3.63, 3.8) is 0 Å². The Bertz CT molecular complexity index is 1290. The Balaban J connectivity index is 1.44. The highest BCUT2D eigenvalue weighted by atomic mass is 16.6. The zero-order valence-corrected chi connectivity index (χ0v) is 16.5. The number of nitro benzene ring substituents is 1. The van der Waals surface area contributed by atoms with E-state index in [2.05, 4.69) is 20.7 Å². The van der Waals surface area contributed by atoms with Gasteiger partial charge in [-0.25, -0.2) is 4.68 Å². The van der Waals surface area contributed by atoms with Crippen LogP contribution in [0, 0.1) is 10.1 Å². The molecule has 2 heterocycles. The third-order valence-electron chi connectivity index (χ3n) is 4.47. The first-order chi connectivity index (χ1) is 15.5. The summed E-state index contributed by atoms with van der Waals surface area (Å²) in [4.78, 5) is 39.0. The van der Waals surface area contributed by atoms with E-state index in [1.54, 1.807) is 54.7 Å². The smallest absolute Gasteiger partial charge is 0.276 e. The summed E-state index contributed by atoms with van der Waals surface area (Å²) >= 11 is 0. The van der Waals surface area contributed by atoms with Crippen molar-refractivity contribution in [3.05, 3.63) is 107 Å². The first-order valence-corrected chi connectivity index (χ1v) is 9.43. The molecule has 2 aromatic heterocycles. The highest BCUT2D eigenvalue weighted by molar-refractivity contribution is 6.05. The molecule has 0 aliphatic heterocycles. The fourth-order valence-electron chi connectivity index (χ4n) is 2.89. The van der Waals surface area contributed by atoms with Crippen LogP contribution < -0.4 is 10.6 Å². The molecule has 2 N–H and O–H groups in total. The number of hydrogen-bond donors (Lipinski definition) is 2. The molecule has 0 saturated heterocycles. The van der Waals surface area contributed by atoms with Gasteiger partial charge < -0.3 is 10.6 Å². The van der Waals surface area contributed by atoms with E-state index in [1.165, 1.54) is 35.3 Å². The number of carbonyl (C=O) groups is 2. The zero-order valence-electron chi connectivity index (χ0n) is 16.5. The molecule has 2 amide bonds. The van der Waals surface area contributed by atoms with Gasteiger partial charge in [-0.15, -0.1) is 0 Å². The second kappa shape index (κ2) is 8.88. The SMILES string of the molecule is O=C(Nc1cccc(NC(=O)c2ccn(-c3ccc([N+](=O)[O-])cc3)n2)c1)c1ccncc1. The highest BCUT2D eigenvalue weighted by Crippen LogP contribution is 2.18. The number of nitrogens with one attached hydrogen (secondary N) is 2. The second-order valence-corrected chi connectivity index (χ2v) is 6.64. The molecule has 0 atom stereocenters. The molecule has 32 heavy (non-hydrogen) atoms. The van der Waals surface area contributed by atoms with E-state index in [4.69, 9.17) is 0 Å². The van der Waals surface area contributed by atoms with Gasteiger partial charge in [-0.2, -0.15) is 5.10 Å². The Morgan fingerprint density at radius 1 is 0.875 bits per heavy atom. The Morgan fingerprint density at radius 3 is 2.19 bits per heavy atom. The Morgan fingerprint density at radius 2 is 1.53 bits per heavy atom. The van der Waals surface area contributed by atoms with Crippen LogP contribution in [0.3, 0.4) is 0 Å². The van der Waals surface area contributed by atoms with E-state index in [9.17, 15) is 19.7 Å². The molecule has 0 unspecified atom stereocenters. The molecule has 10 heteroatoms. The van der Waals surface area contributed by atoms with E-state index >= 15 is 0 Å². The summed E-state index contributed by atoms with van der Waals surface area (Å²) in [5, 5.41) is 20.5. The number of nitro groups is 1. The van der Waals surface area contributed by atoms with Gasteiger partial charge in [-0.1, -0.05) is 6.07 Å². The minimum atomic E-state index is -0.487. The lowest BCUT2D eigenvalue weighted by atomic mass is 10.2. The van der Waals surface area contributed by atoms with Crippen molar-refractivity contribution in [1.29, 1.82) is 0 Å². The lowest BCUT2D eigenvalue weighted by Gasteiger charge is -2.08. The molecule has 0 radical (unpaired) electrons. The molecule has 2 aromatic carbocycles. The number of carbonyl (C=O) groups excluding carboxylic acids is 2. The third kappa shape index (κ3) is 4.65. The van der Waals surface area contributed by atoms with Gasteiger partial charge in [0.25, 0.3) is 17.5 Å². The van der Waals surface area contributed by atoms with E-state index in [0.717, 1.165) is 0 Å². The van der Waals surface area contributed by atoms with Gasteiger partial charge in [0.15, 0.2) is 5.69 Å². The summed E-state index contributed by atoms with van der Waals surface area (Å²) in [5.41, 5.74) is 2.17. The van der Waals surface area contributed by atoms with Crippen molar-refractivity contribution < 1.29 is 14.5 Å². The van der Waals surface area contributed by atoms with Crippen molar-refractivity contribution >= 4 is 28.9 Å². The predicted octanol–water partition coefficient (Wildman–Crippen LogP) is 3.68. The monoisotopic (exact) mass is 428 g/mol. The number of rotatable bonds is 6. The van der Waals surface area contributed by atoms with Crippen molar-refractivity contribution in [3.8, 4) is 5.69 Å². The van der Waals surface area contributed by atoms with Crippen LogP contribution in [0.15, 0.2) is 85.3 Å². The number of non-ortho nitro benzene ring substituents is 1. The van der Waals surface area contributed by atoms with E-state index < -0.39 is 10.8 Å². The zero-order chi connectivity index (χ0) is 22.5. The van der Waals surface area contributed by atoms with Crippen LogP contribution in [0.25, 0.3) is 5.69 Å². The molecule has 10 nitrogen and oxygen atoms in total. The molecule has 4 rings (SSSR count). The molecule has 0 aliphatic rings. The first-order valence-electron chi connectivity index (χ1n) is 9.43. The van der Waals surface area contributed by atoms with Gasteiger partial charge in [0, 0.05) is 47.7 Å². The number of hydrogen-bond acceptors (Lipinski definition) is 6. The van der Waals surface area contributed by atoms with Crippen molar-refractivity contribution in [2.24, 2.45) is 0 Å². The average Bonchev–Trinajstić information content (AvgIpc) is 3.30. The summed E-state index contributed by atoms with van der Waals surface area (Å²) in [7, 11) is 0. The standard InChI is InChI=1S/C22H16N6O4/c29-21(15-8-11-23-12-9-15)24-16-2-1-3-17(14-16)25-22(30)20-10-13-27(26-20)18-4-6-19(7-5-18)28(31)32/h1-14H,(H,24,29)(H,25,30). The van der Waals surface area contributed by atoms with Gasteiger partial charge in [0.2, 0.25) is 0 Å². The van der Waals surface area contributed by atoms with Gasteiger partial charge >= 0.3 is 0 Å². The largest absolute Gasteiger partial charge is 0.322 e. The molecule has 0 fully saturated rings. The normalized spacial score (nSPS) is 10.4. The van der Waals surface area contributed by atoms with E-state index in [0.29, 0.717) is 22.6 Å². The van der Waals surface area contributed by atoms with Gasteiger partial charge in [0.05, 0.1) is 10.6 Å². The number of aromatic nitrogens is 3. The fraction of sp³-hybridized carbons (Fsp3) is 0. The van der Waals surface area contributed by atoms with Crippen LogP contribution in [-0.4, -0.2) is 31.5 Å². The molecule has 0 aliphatic carbocycles. The molecule has 0 saturated carbocycles. The van der Waals surface area contributed by atoms with Crippen LogP contribution in [0.1, 0.15) is 20.8 Å². The fourth-order valence-corrected chi connectivity index (χ4v) is 2.89. The Kier molecular flexibility index (Phi) is 5.66. The van der Waals surface area contributed by atoms with Gasteiger partial charge in [-0.05, 0) is 48.5 Å². The number of benzene rings is 2. The first kappa shape index (κ1) is 20.4. The van der Waals surface area contributed by atoms with E-state index in [1.807, 2.05) is 0 Å². The summed E-state index contributed by atoms with van der Waals surface area (Å²) in [5.74, 6) is -0.735. The number of amides is 2. The van der Waals surface area contributed by atoms with Crippen molar-refractivity contribution in [2.45, 2.75) is 0 Å². The average molecular weight is 428 g/mol. The number of pyridine rings is 1. The molecule has 4 aromatic rings. The van der Waals surface area contributed by atoms with E-state index in [-0.39, 0.29) is 17.3 Å². The van der Waals surface area contributed by atoms with Gasteiger partial charge in [-0.3, -0.25) is 24.7 Å². The molecular weight excluding hydrogens is 412 g/mol. The molecule has 0 spiro atoms. The lowest BCUT2D eigenvalue weighted by molar-refractivity contribution is -0.384. The lowest BCUT2D eigenvalue weighted by Crippen LogP contribution is -2.14. The van der Waals surface area contributed by atoms with Crippen LogP contribution in [-0.2, 0) is 0 Å². The number of nitrogens with zero attached hydrogens (tertiary/aromatic N) is 4. The highest BCUT2D eigenvalue weighted by Gasteiger charge is 2.13. The molecule has 158 valence electrons. The predicted molar refractivity (Wildman–Crippen MR) is 117 cm³/mol. The molecular formula is C22H16N6O4. The Hall–Kier alpha value is -4.86. The van der Waals surface area contributed by atoms with Crippen LogP contribution in [0.2, 0.25) is 0 Å². The number of anilines is 2. The summed E-state index contributed by atoms with van der Waals surface area (Å²) in [6, 6.07) is 17.3. The van der Waals surface area contributed by atoms with Crippen molar-refractivity contribution in [2.75, 3.05) is 10.6 Å². The summed E-state index contributed by atoms with van der Waals surface area (Å²) in [6.07, 6.45) is 4.64. The quantitative estimate of drug-likeness (QED) is 0.356. The molecule has 0 bridgehead atoms. The maximum atomic E-state index is 12.6. The van der Waals surface area contributed by atoms with Gasteiger partial charge in [0.1, 0.15) is 0 Å². The maximum Gasteiger partial charge on any atom is 0.276 e. The van der Waals surface area contributed by atoms with Crippen molar-refractivity contribution in [1.82, 2.24) is 14.8 Å². The second-order valence-electron chi connectivity index (χ2n) is 6.64. The summed E-state index contributed by atoms with van der Waals surface area (Å²) < 4.78 is 1.45. The minimum Gasteiger partial charge on any atom is -0.322 e. The Labute approximate surface area is 181 Å². The third-order valence-corrected chi connectivity index (χ3v) is 4.47.